The normalized spacial score (nSPS) is 14.7. The van der Waals surface area contributed by atoms with Gasteiger partial charge in [-0.15, -0.1) is 0 Å². The van der Waals surface area contributed by atoms with Crippen LogP contribution in [0.1, 0.15) is 45.2 Å². The maximum Gasteiger partial charge on any atom is 0.410 e. The van der Waals surface area contributed by atoms with Gasteiger partial charge in [0.25, 0.3) is 0 Å². The molecule has 0 saturated carbocycles. The highest BCUT2D eigenvalue weighted by molar-refractivity contribution is 5.75. The minimum atomic E-state index is -0.525. The molecule has 0 saturated heterocycles. The highest BCUT2D eigenvalue weighted by Crippen LogP contribution is 2.35. The lowest BCUT2D eigenvalue weighted by Crippen LogP contribution is -2.39. The molecule has 1 heterocycles. The molecule has 1 amide bonds. The molecule has 0 aliphatic carbocycles. The van der Waals surface area contributed by atoms with Crippen molar-refractivity contribution >= 4 is 17.4 Å². The smallest absolute Gasteiger partial charge is 0.410 e. The first-order valence-corrected chi connectivity index (χ1v) is 8.71. The van der Waals surface area contributed by atoms with Gasteiger partial charge in [-0.3, -0.25) is 10.1 Å². The number of hydrogen-bond acceptors (Lipinski definition) is 5. The van der Waals surface area contributed by atoms with Crippen molar-refractivity contribution in [2.75, 3.05) is 19.7 Å². The highest BCUT2D eigenvalue weighted by Gasteiger charge is 2.25. The maximum absolute atomic E-state index is 12.2. The van der Waals surface area contributed by atoms with Gasteiger partial charge in [-0.1, -0.05) is 6.08 Å². The molecule has 0 bridgehead atoms. The molecule has 2 rings (SSSR count). The predicted molar refractivity (Wildman–Crippen MR) is 99.4 cm³/mol. The van der Waals surface area contributed by atoms with Crippen LogP contribution in [0, 0.1) is 17.0 Å². The Morgan fingerprint density at radius 2 is 2.04 bits per heavy atom. The quantitative estimate of drug-likeness (QED) is 0.588. The average Bonchev–Trinajstić information content (AvgIpc) is 2.54. The van der Waals surface area contributed by atoms with Gasteiger partial charge in [0.05, 0.1) is 11.5 Å². The van der Waals surface area contributed by atoms with Crippen LogP contribution >= 0.6 is 0 Å². The third kappa shape index (κ3) is 4.74. The Kier molecular flexibility index (Phi) is 5.90. The Bertz CT molecular complexity index is 734. The van der Waals surface area contributed by atoms with Crippen molar-refractivity contribution in [3.63, 3.8) is 0 Å². The summed E-state index contributed by atoms with van der Waals surface area (Å²) in [5.74, 6) is 0.272. The van der Waals surface area contributed by atoms with Crippen LogP contribution < -0.4 is 4.74 Å². The van der Waals surface area contributed by atoms with E-state index in [1.807, 2.05) is 33.8 Å². The van der Waals surface area contributed by atoms with E-state index in [-0.39, 0.29) is 17.5 Å². The van der Waals surface area contributed by atoms with Gasteiger partial charge >= 0.3 is 11.8 Å². The Morgan fingerprint density at radius 3 is 2.54 bits per heavy atom. The van der Waals surface area contributed by atoms with E-state index in [0.717, 1.165) is 16.7 Å². The van der Waals surface area contributed by atoms with Crippen molar-refractivity contribution in [3.05, 3.63) is 39.4 Å². The third-order valence-corrected chi connectivity index (χ3v) is 4.01. The molecule has 0 N–H and O–H groups in total. The van der Waals surface area contributed by atoms with Crippen LogP contribution in [0.4, 0.5) is 10.5 Å². The van der Waals surface area contributed by atoms with Crippen molar-refractivity contribution in [3.8, 4) is 5.75 Å². The zero-order valence-corrected chi connectivity index (χ0v) is 16.0. The fourth-order valence-corrected chi connectivity index (χ4v) is 2.84. The van der Waals surface area contributed by atoms with E-state index in [9.17, 15) is 14.9 Å². The fraction of sp³-hybridized carbons (Fsp3) is 0.526. The van der Waals surface area contributed by atoms with Gasteiger partial charge in [0.2, 0.25) is 0 Å². The molecule has 1 aromatic rings. The molecule has 1 aliphatic heterocycles. The number of amides is 1. The summed E-state index contributed by atoms with van der Waals surface area (Å²) in [6, 6.07) is 3.27. The Morgan fingerprint density at radius 1 is 1.35 bits per heavy atom. The number of hydrogen-bond donors (Lipinski definition) is 0. The molecule has 0 fully saturated rings. The Balaban J connectivity index is 2.23. The molecular weight excluding hydrogens is 336 g/mol. The standard InChI is InChI=1S/C19H26N2O5/c1-6-25-17-12-15(13(2)11-16(17)21(23)24)14-7-9-20(10-8-14)18(22)26-19(3,4)5/h7,11-12H,6,8-10H2,1-5H3. The highest BCUT2D eigenvalue weighted by atomic mass is 16.6. The van der Waals surface area contributed by atoms with Crippen LogP contribution in [-0.4, -0.2) is 41.2 Å². The summed E-state index contributed by atoms with van der Waals surface area (Å²) >= 11 is 0. The van der Waals surface area contributed by atoms with Gasteiger partial charge < -0.3 is 14.4 Å². The van der Waals surface area contributed by atoms with E-state index in [1.54, 1.807) is 24.0 Å². The van der Waals surface area contributed by atoms with Gasteiger partial charge in [-0.05, 0) is 63.8 Å². The van der Waals surface area contributed by atoms with Gasteiger partial charge in [0.1, 0.15) is 5.60 Å². The molecule has 0 unspecified atom stereocenters. The van der Waals surface area contributed by atoms with Crippen molar-refractivity contribution in [1.29, 1.82) is 0 Å². The first kappa shape index (κ1) is 19.8. The Labute approximate surface area is 153 Å². The number of carbonyl (C=O) groups is 1. The summed E-state index contributed by atoms with van der Waals surface area (Å²) in [6.07, 6.45) is 2.30. The second-order valence-electron chi connectivity index (χ2n) is 7.23. The Hall–Kier alpha value is -2.57. The molecule has 142 valence electrons. The molecule has 26 heavy (non-hydrogen) atoms. The molecule has 1 aromatic carbocycles. The number of nitro groups is 1. The van der Waals surface area contributed by atoms with Crippen LogP contribution in [0.5, 0.6) is 5.75 Å². The van der Waals surface area contributed by atoms with Crippen LogP contribution in [0.15, 0.2) is 18.2 Å². The number of benzene rings is 1. The SMILES string of the molecule is CCOc1cc(C2=CCN(C(=O)OC(C)(C)C)CC2)c(C)cc1[N+](=O)[O-]. The van der Waals surface area contributed by atoms with E-state index in [2.05, 4.69) is 0 Å². The zero-order valence-electron chi connectivity index (χ0n) is 16.0. The minimum absolute atomic E-state index is 0.0279. The van der Waals surface area contributed by atoms with E-state index in [0.29, 0.717) is 26.1 Å². The minimum Gasteiger partial charge on any atom is -0.487 e. The molecule has 1 aliphatic rings. The van der Waals surface area contributed by atoms with E-state index in [4.69, 9.17) is 9.47 Å². The van der Waals surface area contributed by atoms with Crippen LogP contribution in [0.2, 0.25) is 0 Å². The second kappa shape index (κ2) is 7.76. The lowest BCUT2D eigenvalue weighted by Gasteiger charge is -2.30. The lowest BCUT2D eigenvalue weighted by molar-refractivity contribution is -0.385. The van der Waals surface area contributed by atoms with Crippen LogP contribution in [-0.2, 0) is 4.74 Å². The zero-order chi connectivity index (χ0) is 19.5. The number of ether oxygens (including phenoxy) is 2. The lowest BCUT2D eigenvalue weighted by atomic mass is 9.95. The van der Waals surface area contributed by atoms with E-state index >= 15 is 0 Å². The first-order chi connectivity index (χ1) is 12.1. The van der Waals surface area contributed by atoms with Crippen molar-refractivity contribution < 1.29 is 19.2 Å². The maximum atomic E-state index is 12.2. The number of nitrogens with zero attached hydrogens (tertiary/aromatic N) is 2. The second-order valence-corrected chi connectivity index (χ2v) is 7.23. The third-order valence-electron chi connectivity index (χ3n) is 4.01. The monoisotopic (exact) mass is 362 g/mol. The molecule has 0 atom stereocenters. The van der Waals surface area contributed by atoms with E-state index in [1.165, 1.54) is 0 Å². The topological polar surface area (TPSA) is 81.9 Å². The van der Waals surface area contributed by atoms with Crippen LogP contribution in [0.25, 0.3) is 5.57 Å². The van der Waals surface area contributed by atoms with Gasteiger partial charge in [0, 0.05) is 19.2 Å². The number of carbonyl (C=O) groups excluding carboxylic acids is 1. The first-order valence-electron chi connectivity index (χ1n) is 8.71. The fourth-order valence-electron chi connectivity index (χ4n) is 2.84. The van der Waals surface area contributed by atoms with Crippen molar-refractivity contribution in [1.82, 2.24) is 4.90 Å². The molecule has 7 heteroatoms. The largest absolute Gasteiger partial charge is 0.487 e. The molecule has 0 spiro atoms. The molecule has 0 radical (unpaired) electrons. The molecular formula is C19H26N2O5. The number of aryl methyl sites for hydroxylation is 1. The summed E-state index contributed by atoms with van der Waals surface area (Å²) in [7, 11) is 0. The van der Waals surface area contributed by atoms with Gasteiger partial charge in [0.15, 0.2) is 5.75 Å². The summed E-state index contributed by atoms with van der Waals surface area (Å²) in [4.78, 5) is 24.6. The number of rotatable bonds is 4. The summed E-state index contributed by atoms with van der Waals surface area (Å²) in [6.45, 7) is 10.5. The van der Waals surface area contributed by atoms with Crippen LogP contribution in [0.3, 0.4) is 0 Å². The van der Waals surface area contributed by atoms with Gasteiger partial charge in [-0.25, -0.2) is 4.79 Å². The van der Waals surface area contributed by atoms with Crippen molar-refractivity contribution in [2.45, 2.75) is 46.6 Å². The predicted octanol–water partition coefficient (Wildman–Crippen LogP) is 4.33. The van der Waals surface area contributed by atoms with Gasteiger partial charge in [-0.2, -0.15) is 0 Å². The number of nitro benzene ring substituents is 1. The summed E-state index contributed by atoms with van der Waals surface area (Å²) in [5.41, 5.74) is 2.24. The van der Waals surface area contributed by atoms with Crippen molar-refractivity contribution in [2.24, 2.45) is 0 Å². The molecule has 0 aromatic heterocycles. The average molecular weight is 362 g/mol. The van der Waals surface area contributed by atoms with E-state index < -0.39 is 10.5 Å². The summed E-state index contributed by atoms with van der Waals surface area (Å²) < 4.78 is 10.8. The molecule has 7 nitrogen and oxygen atoms in total. The summed E-state index contributed by atoms with van der Waals surface area (Å²) in [5, 5.41) is 11.2.